The van der Waals surface area contributed by atoms with E-state index in [1.807, 2.05) is 24.3 Å². The molecule has 0 aromatic heterocycles. The Kier molecular flexibility index (Phi) is 4.43. The van der Waals surface area contributed by atoms with Crippen molar-refractivity contribution in [3.05, 3.63) is 29.8 Å². The van der Waals surface area contributed by atoms with Crippen molar-refractivity contribution in [1.82, 2.24) is 5.32 Å². The number of nitrogens with one attached hydrogen (secondary N) is 2. The molecule has 3 N–H and O–H groups in total. The first-order chi connectivity index (χ1) is 9.22. The van der Waals surface area contributed by atoms with E-state index in [9.17, 15) is 9.90 Å². The maximum Gasteiger partial charge on any atom is 0.307 e. The zero-order valence-corrected chi connectivity index (χ0v) is 10.7. The van der Waals surface area contributed by atoms with E-state index in [1.54, 1.807) is 0 Å². The molecule has 0 bridgehead atoms. The second-order valence-electron chi connectivity index (χ2n) is 4.73. The molecule has 0 saturated carbocycles. The van der Waals surface area contributed by atoms with Gasteiger partial charge < -0.3 is 15.7 Å². The molecule has 19 heavy (non-hydrogen) atoms. The number of benzene rings is 1. The zero-order valence-electron chi connectivity index (χ0n) is 10.7. The van der Waals surface area contributed by atoms with Crippen LogP contribution in [0.1, 0.15) is 17.9 Å². The van der Waals surface area contributed by atoms with Crippen LogP contribution in [0.2, 0.25) is 0 Å². The molecule has 100 valence electrons. The highest BCUT2D eigenvalue weighted by Crippen LogP contribution is 2.30. The van der Waals surface area contributed by atoms with Gasteiger partial charge in [0.15, 0.2) is 0 Å². The standard InChI is InChI=1S/C15H18N2O2/c1-2-7-17-12-5-3-4-11(9-12)14-10-16-8-6-13(14)15(18)19/h1,3-5,9,13-14,16-17H,6-8,10H2,(H,18,19). The number of aliphatic carboxylic acids is 1. The molecule has 1 aliphatic rings. The Morgan fingerprint density at radius 3 is 3.16 bits per heavy atom. The van der Waals surface area contributed by atoms with Crippen LogP contribution in [0, 0.1) is 18.3 Å². The van der Waals surface area contributed by atoms with Crippen molar-refractivity contribution in [3.63, 3.8) is 0 Å². The van der Waals surface area contributed by atoms with Crippen molar-refractivity contribution < 1.29 is 9.90 Å². The van der Waals surface area contributed by atoms with E-state index in [4.69, 9.17) is 6.42 Å². The van der Waals surface area contributed by atoms with Gasteiger partial charge in [0.2, 0.25) is 0 Å². The summed E-state index contributed by atoms with van der Waals surface area (Å²) >= 11 is 0. The second kappa shape index (κ2) is 6.26. The van der Waals surface area contributed by atoms with Gasteiger partial charge in [-0.1, -0.05) is 18.1 Å². The molecule has 1 aromatic rings. The lowest BCUT2D eigenvalue weighted by Gasteiger charge is -2.29. The van der Waals surface area contributed by atoms with Crippen molar-refractivity contribution in [1.29, 1.82) is 0 Å². The first-order valence-electron chi connectivity index (χ1n) is 6.43. The maximum absolute atomic E-state index is 11.3. The number of terminal acetylenes is 1. The highest BCUT2D eigenvalue weighted by molar-refractivity contribution is 5.72. The molecule has 0 amide bonds. The van der Waals surface area contributed by atoms with Gasteiger partial charge in [0.25, 0.3) is 0 Å². The summed E-state index contributed by atoms with van der Waals surface area (Å²) in [5.74, 6) is 1.51. The van der Waals surface area contributed by atoms with Gasteiger partial charge in [0, 0.05) is 18.2 Å². The van der Waals surface area contributed by atoms with Crippen LogP contribution in [0.3, 0.4) is 0 Å². The van der Waals surface area contributed by atoms with Crippen molar-refractivity contribution >= 4 is 11.7 Å². The Hall–Kier alpha value is -1.99. The van der Waals surface area contributed by atoms with Crippen LogP contribution in [-0.4, -0.2) is 30.7 Å². The van der Waals surface area contributed by atoms with Gasteiger partial charge in [-0.05, 0) is 30.7 Å². The minimum atomic E-state index is -0.714. The number of rotatable bonds is 4. The quantitative estimate of drug-likeness (QED) is 0.716. The van der Waals surface area contributed by atoms with Crippen molar-refractivity contribution in [3.8, 4) is 12.3 Å². The summed E-state index contributed by atoms with van der Waals surface area (Å²) in [6.07, 6.45) is 5.89. The lowest BCUT2D eigenvalue weighted by atomic mass is 9.81. The molecule has 0 aliphatic carbocycles. The van der Waals surface area contributed by atoms with E-state index < -0.39 is 5.97 Å². The highest BCUT2D eigenvalue weighted by Gasteiger charge is 2.31. The molecule has 1 saturated heterocycles. The van der Waals surface area contributed by atoms with E-state index in [1.165, 1.54) is 0 Å². The molecule has 2 atom stereocenters. The number of carboxylic acid groups (broad SMARTS) is 1. The van der Waals surface area contributed by atoms with E-state index in [-0.39, 0.29) is 11.8 Å². The second-order valence-corrected chi connectivity index (χ2v) is 4.73. The van der Waals surface area contributed by atoms with Gasteiger partial charge in [-0.15, -0.1) is 6.42 Å². The van der Waals surface area contributed by atoms with Gasteiger partial charge in [-0.3, -0.25) is 4.79 Å². The molecule has 1 heterocycles. The van der Waals surface area contributed by atoms with E-state index in [0.29, 0.717) is 19.5 Å². The average molecular weight is 258 g/mol. The lowest BCUT2D eigenvalue weighted by Crippen LogP contribution is -2.38. The minimum absolute atomic E-state index is 0.0128. The summed E-state index contributed by atoms with van der Waals surface area (Å²) < 4.78 is 0. The largest absolute Gasteiger partial charge is 0.481 e. The molecular formula is C15H18N2O2. The fourth-order valence-corrected chi connectivity index (χ4v) is 2.54. The fourth-order valence-electron chi connectivity index (χ4n) is 2.54. The predicted octanol–water partition coefficient (Wildman–Crippen LogP) is 1.51. The molecular weight excluding hydrogens is 240 g/mol. The highest BCUT2D eigenvalue weighted by atomic mass is 16.4. The number of hydrogen-bond acceptors (Lipinski definition) is 3. The lowest BCUT2D eigenvalue weighted by molar-refractivity contribution is -0.143. The summed E-state index contributed by atoms with van der Waals surface area (Å²) in [6, 6.07) is 7.84. The fraction of sp³-hybridized carbons (Fsp3) is 0.400. The third kappa shape index (κ3) is 3.27. The smallest absolute Gasteiger partial charge is 0.307 e. The number of piperidine rings is 1. The number of anilines is 1. The topological polar surface area (TPSA) is 61.4 Å². The van der Waals surface area contributed by atoms with Crippen molar-refractivity contribution in [2.75, 3.05) is 25.0 Å². The van der Waals surface area contributed by atoms with Gasteiger partial charge in [0.05, 0.1) is 12.5 Å². The number of carboxylic acids is 1. The van der Waals surface area contributed by atoms with Gasteiger partial charge in [-0.25, -0.2) is 0 Å². The Balaban J connectivity index is 2.19. The molecule has 0 spiro atoms. The minimum Gasteiger partial charge on any atom is -0.481 e. The SMILES string of the molecule is C#CCNc1cccc(C2CNCCC2C(=O)O)c1. The molecule has 1 aliphatic heterocycles. The van der Waals surface area contributed by atoms with Crippen LogP contribution < -0.4 is 10.6 Å². The Morgan fingerprint density at radius 1 is 1.58 bits per heavy atom. The predicted molar refractivity (Wildman–Crippen MR) is 75.1 cm³/mol. The van der Waals surface area contributed by atoms with Gasteiger partial charge in [0.1, 0.15) is 0 Å². The number of carbonyl (C=O) groups is 1. The third-order valence-electron chi connectivity index (χ3n) is 3.51. The van der Waals surface area contributed by atoms with Crippen molar-refractivity contribution in [2.45, 2.75) is 12.3 Å². The Labute approximate surface area is 113 Å². The normalized spacial score (nSPS) is 22.5. The van der Waals surface area contributed by atoms with Crippen LogP contribution in [-0.2, 0) is 4.79 Å². The molecule has 0 radical (unpaired) electrons. The monoisotopic (exact) mass is 258 g/mol. The zero-order chi connectivity index (χ0) is 13.7. The van der Waals surface area contributed by atoms with Gasteiger partial charge in [-0.2, -0.15) is 0 Å². The summed E-state index contributed by atoms with van der Waals surface area (Å²) in [7, 11) is 0. The molecule has 2 unspecified atom stereocenters. The van der Waals surface area contributed by atoms with E-state index in [2.05, 4.69) is 16.6 Å². The van der Waals surface area contributed by atoms with Crippen LogP contribution in [0.25, 0.3) is 0 Å². The summed E-state index contributed by atoms with van der Waals surface area (Å²) in [6.45, 7) is 1.94. The molecule has 4 heteroatoms. The van der Waals surface area contributed by atoms with Crippen LogP contribution in [0.15, 0.2) is 24.3 Å². The Bertz CT molecular complexity index is 493. The Morgan fingerprint density at radius 2 is 2.42 bits per heavy atom. The third-order valence-corrected chi connectivity index (χ3v) is 3.51. The summed E-state index contributed by atoms with van der Waals surface area (Å²) in [4.78, 5) is 11.3. The molecule has 4 nitrogen and oxygen atoms in total. The molecule has 1 aromatic carbocycles. The maximum atomic E-state index is 11.3. The van der Waals surface area contributed by atoms with Crippen molar-refractivity contribution in [2.24, 2.45) is 5.92 Å². The average Bonchev–Trinajstić information content (AvgIpc) is 2.45. The first kappa shape index (κ1) is 13.4. The van der Waals surface area contributed by atoms with Crippen LogP contribution in [0.5, 0.6) is 0 Å². The summed E-state index contributed by atoms with van der Waals surface area (Å²) in [5.41, 5.74) is 1.98. The van der Waals surface area contributed by atoms with Gasteiger partial charge >= 0.3 is 5.97 Å². The molecule has 1 fully saturated rings. The first-order valence-corrected chi connectivity index (χ1v) is 6.43. The molecule has 2 rings (SSSR count). The van der Waals surface area contributed by atoms with E-state index in [0.717, 1.165) is 17.8 Å². The van der Waals surface area contributed by atoms with E-state index >= 15 is 0 Å². The number of hydrogen-bond donors (Lipinski definition) is 3. The summed E-state index contributed by atoms with van der Waals surface area (Å²) in [5, 5.41) is 15.7. The van der Waals surface area contributed by atoms with Crippen LogP contribution in [0.4, 0.5) is 5.69 Å². The van der Waals surface area contributed by atoms with Crippen LogP contribution >= 0.6 is 0 Å².